The number of nitrogens with zero attached hydrogens (tertiary/aromatic N) is 1. The number of nitrogens with one attached hydrogen (secondary N) is 2. The van der Waals surface area contributed by atoms with Crippen LogP contribution >= 0.6 is 0 Å². The second-order valence-electron chi connectivity index (χ2n) is 4.11. The SMILES string of the molecule is CCc1ccccc1NS(=O)(=O)c1cccnc1NN. The van der Waals surface area contributed by atoms with E-state index in [0.717, 1.165) is 12.0 Å². The van der Waals surface area contributed by atoms with Crippen molar-refractivity contribution in [3.63, 3.8) is 0 Å². The van der Waals surface area contributed by atoms with Gasteiger partial charge in [0, 0.05) is 6.20 Å². The topological polar surface area (TPSA) is 97.1 Å². The van der Waals surface area contributed by atoms with Gasteiger partial charge >= 0.3 is 0 Å². The molecule has 0 bridgehead atoms. The third-order valence-electron chi connectivity index (χ3n) is 2.84. The predicted octanol–water partition coefficient (Wildman–Crippen LogP) is 1.73. The van der Waals surface area contributed by atoms with Crippen LogP contribution in [0.4, 0.5) is 11.5 Å². The quantitative estimate of drug-likeness (QED) is 0.576. The number of aromatic nitrogens is 1. The van der Waals surface area contributed by atoms with E-state index in [1.54, 1.807) is 18.2 Å². The fraction of sp³-hybridized carbons (Fsp3) is 0.154. The van der Waals surface area contributed by atoms with E-state index >= 15 is 0 Å². The number of para-hydroxylation sites is 1. The Bertz CT molecular complexity index is 701. The Morgan fingerprint density at radius 1 is 1.20 bits per heavy atom. The standard InChI is InChI=1S/C13H16N4O2S/c1-2-10-6-3-4-7-11(10)17-20(18,19)12-8-5-9-15-13(12)16-14/h3-9,17H,2,14H2,1H3,(H,15,16). The zero-order valence-corrected chi connectivity index (χ0v) is 11.8. The highest BCUT2D eigenvalue weighted by atomic mass is 32.2. The summed E-state index contributed by atoms with van der Waals surface area (Å²) in [5, 5.41) is 0. The highest BCUT2D eigenvalue weighted by molar-refractivity contribution is 7.92. The number of benzene rings is 1. The zero-order valence-electron chi connectivity index (χ0n) is 11.0. The number of pyridine rings is 1. The molecular formula is C13H16N4O2S. The molecule has 1 heterocycles. The van der Waals surface area contributed by atoms with Crippen molar-refractivity contribution in [2.45, 2.75) is 18.2 Å². The van der Waals surface area contributed by atoms with Gasteiger partial charge in [-0.3, -0.25) is 4.72 Å². The Hall–Kier alpha value is -2.12. The molecule has 0 aliphatic carbocycles. The van der Waals surface area contributed by atoms with E-state index in [4.69, 9.17) is 5.84 Å². The molecule has 1 aromatic heterocycles. The number of nitrogens with two attached hydrogens (primary N) is 1. The summed E-state index contributed by atoms with van der Waals surface area (Å²) in [7, 11) is -3.74. The van der Waals surface area contributed by atoms with Crippen LogP contribution in [0.5, 0.6) is 0 Å². The van der Waals surface area contributed by atoms with Crippen molar-refractivity contribution in [2.24, 2.45) is 5.84 Å². The van der Waals surface area contributed by atoms with Gasteiger partial charge in [0.25, 0.3) is 10.0 Å². The Morgan fingerprint density at radius 2 is 1.95 bits per heavy atom. The van der Waals surface area contributed by atoms with Crippen LogP contribution in [0.25, 0.3) is 0 Å². The average molecular weight is 292 g/mol. The van der Waals surface area contributed by atoms with Gasteiger partial charge in [0.05, 0.1) is 5.69 Å². The molecule has 0 fully saturated rings. The Balaban J connectivity index is 2.41. The van der Waals surface area contributed by atoms with E-state index < -0.39 is 10.0 Å². The molecule has 6 nitrogen and oxygen atoms in total. The summed E-state index contributed by atoms with van der Waals surface area (Å²) < 4.78 is 27.4. The molecule has 0 radical (unpaired) electrons. The Morgan fingerprint density at radius 3 is 2.65 bits per heavy atom. The third-order valence-corrected chi connectivity index (χ3v) is 4.24. The molecule has 20 heavy (non-hydrogen) atoms. The summed E-state index contributed by atoms with van der Waals surface area (Å²) in [4.78, 5) is 3.90. The predicted molar refractivity (Wildman–Crippen MR) is 78.7 cm³/mol. The maximum atomic E-state index is 12.4. The van der Waals surface area contributed by atoms with Gasteiger partial charge in [-0.25, -0.2) is 19.2 Å². The number of aryl methyl sites for hydroxylation is 1. The normalized spacial score (nSPS) is 11.1. The summed E-state index contributed by atoms with van der Waals surface area (Å²) in [5.74, 6) is 5.40. The maximum absolute atomic E-state index is 12.4. The minimum atomic E-state index is -3.74. The number of sulfonamides is 1. The first-order valence-corrected chi connectivity index (χ1v) is 7.59. The summed E-state index contributed by atoms with van der Waals surface area (Å²) in [5.41, 5.74) is 3.76. The smallest absolute Gasteiger partial charge is 0.265 e. The lowest BCUT2D eigenvalue weighted by Gasteiger charge is -2.13. The molecule has 7 heteroatoms. The number of hydrazine groups is 1. The van der Waals surface area contributed by atoms with Crippen LogP contribution in [-0.4, -0.2) is 13.4 Å². The summed E-state index contributed by atoms with van der Waals surface area (Å²) in [6, 6.07) is 10.2. The van der Waals surface area contributed by atoms with Crippen LogP contribution in [-0.2, 0) is 16.4 Å². The zero-order chi connectivity index (χ0) is 14.6. The molecular weight excluding hydrogens is 276 g/mol. The van der Waals surface area contributed by atoms with Gasteiger partial charge in [0.1, 0.15) is 4.90 Å². The highest BCUT2D eigenvalue weighted by Crippen LogP contribution is 2.23. The van der Waals surface area contributed by atoms with Crippen molar-refractivity contribution in [3.05, 3.63) is 48.2 Å². The fourth-order valence-electron chi connectivity index (χ4n) is 1.84. The van der Waals surface area contributed by atoms with Crippen molar-refractivity contribution in [1.29, 1.82) is 0 Å². The lowest BCUT2D eigenvalue weighted by molar-refractivity contribution is 0.601. The van der Waals surface area contributed by atoms with E-state index in [1.165, 1.54) is 12.3 Å². The Labute approximate surface area is 118 Å². The van der Waals surface area contributed by atoms with Crippen LogP contribution in [0, 0.1) is 0 Å². The first-order chi connectivity index (χ1) is 9.58. The van der Waals surface area contributed by atoms with E-state index in [-0.39, 0.29) is 10.7 Å². The first-order valence-electron chi connectivity index (χ1n) is 6.11. The van der Waals surface area contributed by atoms with Crippen molar-refractivity contribution >= 4 is 21.5 Å². The van der Waals surface area contributed by atoms with Gasteiger partial charge in [-0.15, -0.1) is 0 Å². The number of rotatable bonds is 5. The molecule has 4 N–H and O–H groups in total. The number of hydrogen-bond donors (Lipinski definition) is 3. The van der Waals surface area contributed by atoms with Crippen LogP contribution in [0.3, 0.4) is 0 Å². The van der Waals surface area contributed by atoms with E-state index in [0.29, 0.717) is 5.69 Å². The minimum absolute atomic E-state index is 0.00778. The minimum Gasteiger partial charge on any atom is -0.307 e. The van der Waals surface area contributed by atoms with Crippen LogP contribution in [0.2, 0.25) is 0 Å². The lowest BCUT2D eigenvalue weighted by atomic mass is 10.1. The highest BCUT2D eigenvalue weighted by Gasteiger charge is 2.19. The molecule has 0 unspecified atom stereocenters. The van der Waals surface area contributed by atoms with Gasteiger partial charge in [-0.1, -0.05) is 25.1 Å². The number of hydrogen-bond acceptors (Lipinski definition) is 5. The molecule has 106 valence electrons. The molecule has 2 rings (SSSR count). The molecule has 0 aliphatic rings. The van der Waals surface area contributed by atoms with Crippen molar-refractivity contribution in [2.75, 3.05) is 10.1 Å². The van der Waals surface area contributed by atoms with Crippen molar-refractivity contribution < 1.29 is 8.42 Å². The molecule has 0 aliphatic heterocycles. The average Bonchev–Trinajstić information content (AvgIpc) is 2.47. The second-order valence-corrected chi connectivity index (χ2v) is 5.76. The summed E-state index contributed by atoms with van der Waals surface area (Å²) >= 11 is 0. The molecule has 0 spiro atoms. The van der Waals surface area contributed by atoms with Gasteiger partial charge in [-0.05, 0) is 30.2 Å². The second kappa shape index (κ2) is 5.89. The van der Waals surface area contributed by atoms with Gasteiger partial charge < -0.3 is 5.43 Å². The lowest BCUT2D eigenvalue weighted by Crippen LogP contribution is -2.19. The maximum Gasteiger partial charge on any atom is 0.265 e. The van der Waals surface area contributed by atoms with Crippen molar-refractivity contribution in [3.8, 4) is 0 Å². The van der Waals surface area contributed by atoms with Gasteiger partial charge in [-0.2, -0.15) is 0 Å². The third kappa shape index (κ3) is 2.89. The number of nitrogen functional groups attached to an aromatic ring is 1. The van der Waals surface area contributed by atoms with Gasteiger partial charge in [0.2, 0.25) is 0 Å². The summed E-state index contributed by atoms with van der Waals surface area (Å²) in [6.45, 7) is 1.96. The van der Waals surface area contributed by atoms with E-state index in [9.17, 15) is 8.42 Å². The molecule has 2 aromatic rings. The molecule has 0 saturated carbocycles. The monoisotopic (exact) mass is 292 g/mol. The molecule has 0 atom stereocenters. The van der Waals surface area contributed by atoms with Crippen LogP contribution in [0.15, 0.2) is 47.5 Å². The number of anilines is 2. The van der Waals surface area contributed by atoms with Gasteiger partial charge in [0.15, 0.2) is 5.82 Å². The van der Waals surface area contributed by atoms with E-state index in [1.807, 2.05) is 19.1 Å². The first kappa shape index (κ1) is 14.3. The van der Waals surface area contributed by atoms with Crippen molar-refractivity contribution in [1.82, 2.24) is 4.98 Å². The molecule has 0 saturated heterocycles. The van der Waals surface area contributed by atoms with Crippen LogP contribution < -0.4 is 16.0 Å². The van der Waals surface area contributed by atoms with E-state index in [2.05, 4.69) is 15.1 Å². The largest absolute Gasteiger partial charge is 0.307 e. The molecule has 0 amide bonds. The molecule has 1 aromatic carbocycles. The Kier molecular flexibility index (Phi) is 4.21. The summed E-state index contributed by atoms with van der Waals surface area (Å²) in [6.07, 6.45) is 2.20. The fourth-order valence-corrected chi connectivity index (χ4v) is 3.07. The van der Waals surface area contributed by atoms with Crippen LogP contribution in [0.1, 0.15) is 12.5 Å².